The summed E-state index contributed by atoms with van der Waals surface area (Å²) in [6.45, 7) is 1.03. The largest absolute Gasteiger partial charge is 0.507 e. The smallest absolute Gasteiger partial charge is 0.227 e. The zero-order valence-corrected chi connectivity index (χ0v) is 19.9. The first kappa shape index (κ1) is 23.0. The van der Waals surface area contributed by atoms with Gasteiger partial charge in [-0.15, -0.1) is 0 Å². The molecule has 1 atom stereocenters. The molecule has 1 aliphatic rings. The van der Waals surface area contributed by atoms with E-state index < -0.39 is 0 Å². The molecule has 7 nitrogen and oxygen atoms in total. The molecule has 1 unspecified atom stereocenters. The van der Waals surface area contributed by atoms with Crippen molar-refractivity contribution in [3.63, 3.8) is 0 Å². The number of aromatic nitrogens is 3. The molecule has 2 heterocycles. The lowest BCUT2D eigenvalue weighted by molar-refractivity contribution is -0.123. The number of phenolic OH excluding ortho intramolecular Hbond substituents is 1. The summed E-state index contributed by atoms with van der Waals surface area (Å²) in [6, 6.07) is 19.2. The molecule has 3 N–H and O–H groups in total. The zero-order chi connectivity index (χ0) is 24.2. The normalized spacial score (nSPS) is 14.7. The van der Waals surface area contributed by atoms with Gasteiger partial charge in [0.05, 0.1) is 11.6 Å². The third kappa shape index (κ3) is 4.87. The molecule has 35 heavy (non-hydrogen) atoms. The molecule has 8 heteroatoms. The monoisotopic (exact) mass is 467 g/mol. The van der Waals surface area contributed by atoms with Crippen molar-refractivity contribution in [2.75, 3.05) is 18.4 Å². The lowest BCUT2D eigenvalue weighted by Crippen LogP contribution is -2.35. The molecule has 1 amide bonds. The third-order valence-electron chi connectivity index (χ3n) is 6.87. The highest BCUT2D eigenvalue weighted by molar-refractivity contribution is 6.36. The Balaban J connectivity index is 1.30. The number of fused-ring (bicyclic) bond motifs is 1. The molecule has 1 aliphatic carbocycles. The first-order valence-electron chi connectivity index (χ1n) is 12.3. The number of carbonyl (C=O) groups excluding carboxylic acids is 1. The second-order valence-electron chi connectivity index (χ2n) is 9.26. The summed E-state index contributed by atoms with van der Waals surface area (Å²) < 4.78 is 1.76. The van der Waals surface area contributed by atoms with Crippen LogP contribution < -0.4 is 16.1 Å². The number of carbonyl (C=O) groups is 1. The summed E-state index contributed by atoms with van der Waals surface area (Å²) in [5.74, 6) is 1.32. The summed E-state index contributed by atoms with van der Waals surface area (Å²) in [6.07, 6.45) is 6.38. The van der Waals surface area contributed by atoms with Crippen LogP contribution in [0.5, 0.6) is 5.75 Å². The Morgan fingerprint density at radius 3 is 2.60 bits per heavy atom. The van der Waals surface area contributed by atoms with Crippen molar-refractivity contribution in [1.82, 2.24) is 19.9 Å². The molecule has 4 aromatic rings. The third-order valence-corrected chi connectivity index (χ3v) is 6.87. The van der Waals surface area contributed by atoms with Crippen LogP contribution in [0.1, 0.15) is 37.2 Å². The Kier molecular flexibility index (Phi) is 6.70. The van der Waals surface area contributed by atoms with Crippen molar-refractivity contribution >= 4 is 30.7 Å². The van der Waals surface area contributed by atoms with Crippen molar-refractivity contribution in [3.05, 3.63) is 72.4 Å². The quantitative estimate of drug-likeness (QED) is 0.274. The maximum absolute atomic E-state index is 13.2. The first-order chi connectivity index (χ1) is 17.1. The minimum absolute atomic E-state index is 0.0922. The lowest BCUT2D eigenvalue weighted by atomic mass is 9.84. The van der Waals surface area contributed by atoms with Crippen molar-refractivity contribution in [1.29, 1.82) is 0 Å². The van der Waals surface area contributed by atoms with Gasteiger partial charge in [0.15, 0.2) is 5.65 Å². The zero-order valence-electron chi connectivity index (χ0n) is 19.9. The maximum atomic E-state index is 13.2. The molecule has 0 aliphatic heterocycles. The predicted octanol–water partition coefficient (Wildman–Crippen LogP) is 2.86. The van der Waals surface area contributed by atoms with Crippen LogP contribution in [0.15, 0.2) is 66.9 Å². The molecule has 2 aromatic heterocycles. The molecule has 1 fully saturated rings. The fourth-order valence-electron chi connectivity index (χ4n) is 5.10. The van der Waals surface area contributed by atoms with E-state index in [9.17, 15) is 9.90 Å². The maximum Gasteiger partial charge on any atom is 0.227 e. The highest BCUT2D eigenvalue weighted by atomic mass is 16.3. The molecular formula is C27H30BN5O2. The number of benzene rings is 2. The number of nitrogens with zero attached hydrogens (tertiary/aromatic N) is 3. The van der Waals surface area contributed by atoms with E-state index in [2.05, 4.69) is 27.9 Å². The van der Waals surface area contributed by atoms with E-state index in [1.807, 2.05) is 44.2 Å². The predicted molar refractivity (Wildman–Crippen MR) is 141 cm³/mol. The standard InChI is InChI=1S/C27H30BN5O2/c28-21-17-31-33-24(16-22(32-26(21)33)20-12-6-7-13-23(20)34)29-14-15-30-27(35)25(19-10-4-5-11-19)18-8-2-1-3-9-18/h1-3,6-9,12-13,16-17,19,25,29,34H,4-5,10-11,14-15,28H2,(H,30,35). The Labute approximate surface area is 206 Å². The molecule has 0 spiro atoms. The molecule has 178 valence electrons. The number of amides is 1. The summed E-state index contributed by atoms with van der Waals surface area (Å²) in [4.78, 5) is 18.0. The van der Waals surface area contributed by atoms with E-state index in [0.29, 0.717) is 30.3 Å². The highest BCUT2D eigenvalue weighted by Crippen LogP contribution is 2.37. The van der Waals surface area contributed by atoms with E-state index in [4.69, 9.17) is 4.98 Å². The summed E-state index contributed by atoms with van der Waals surface area (Å²) >= 11 is 0. The van der Waals surface area contributed by atoms with Gasteiger partial charge in [-0.2, -0.15) is 9.61 Å². The number of hydrogen-bond donors (Lipinski definition) is 3. The van der Waals surface area contributed by atoms with Gasteiger partial charge >= 0.3 is 0 Å². The van der Waals surface area contributed by atoms with Gasteiger partial charge in [0, 0.05) is 30.9 Å². The van der Waals surface area contributed by atoms with Crippen LogP contribution in [0, 0.1) is 5.92 Å². The number of anilines is 1. The first-order valence-corrected chi connectivity index (χ1v) is 12.3. The van der Waals surface area contributed by atoms with Gasteiger partial charge < -0.3 is 15.7 Å². The fourth-order valence-corrected chi connectivity index (χ4v) is 5.10. The summed E-state index contributed by atoms with van der Waals surface area (Å²) in [5, 5.41) is 21.3. The van der Waals surface area contributed by atoms with Crippen LogP contribution in [-0.4, -0.2) is 46.5 Å². The molecule has 1 saturated carbocycles. The van der Waals surface area contributed by atoms with Gasteiger partial charge in [0.25, 0.3) is 0 Å². The number of nitrogens with one attached hydrogen (secondary N) is 2. The minimum atomic E-state index is -0.104. The van der Waals surface area contributed by atoms with Crippen LogP contribution in [-0.2, 0) is 4.79 Å². The summed E-state index contributed by atoms with van der Waals surface area (Å²) in [5.41, 5.74) is 4.09. The van der Waals surface area contributed by atoms with Crippen molar-refractivity contribution in [2.24, 2.45) is 5.92 Å². The molecule has 0 radical (unpaired) electrons. The number of para-hydroxylation sites is 1. The Morgan fingerprint density at radius 2 is 1.83 bits per heavy atom. The van der Waals surface area contributed by atoms with Crippen LogP contribution in [0.3, 0.4) is 0 Å². The molecule has 5 rings (SSSR count). The average molecular weight is 467 g/mol. The topological polar surface area (TPSA) is 91.5 Å². The van der Waals surface area contributed by atoms with Crippen LogP contribution >= 0.6 is 0 Å². The molecule has 2 aromatic carbocycles. The van der Waals surface area contributed by atoms with E-state index in [1.54, 1.807) is 22.8 Å². The van der Waals surface area contributed by atoms with Gasteiger partial charge in [-0.3, -0.25) is 4.79 Å². The van der Waals surface area contributed by atoms with Crippen LogP contribution in [0.25, 0.3) is 16.9 Å². The van der Waals surface area contributed by atoms with E-state index in [1.165, 1.54) is 12.8 Å². The lowest BCUT2D eigenvalue weighted by Gasteiger charge is -2.23. The van der Waals surface area contributed by atoms with Crippen molar-refractivity contribution in [2.45, 2.75) is 31.6 Å². The fraction of sp³-hybridized carbons (Fsp3) is 0.296. The Hall–Kier alpha value is -3.81. The van der Waals surface area contributed by atoms with Crippen molar-refractivity contribution < 1.29 is 9.90 Å². The average Bonchev–Trinajstić information content (AvgIpc) is 3.53. The van der Waals surface area contributed by atoms with Crippen LogP contribution in [0.2, 0.25) is 0 Å². The minimum Gasteiger partial charge on any atom is -0.507 e. The Morgan fingerprint density at radius 1 is 1.09 bits per heavy atom. The van der Waals surface area contributed by atoms with Gasteiger partial charge in [-0.05, 0) is 41.9 Å². The number of hydrogen-bond acceptors (Lipinski definition) is 5. The SMILES string of the molecule is Bc1cnn2c(NCCNC(=O)C(c3ccccc3)C3CCCC3)cc(-c3ccccc3O)nc12. The van der Waals surface area contributed by atoms with Crippen LogP contribution in [0.4, 0.5) is 5.82 Å². The Bertz CT molecular complexity index is 1320. The summed E-state index contributed by atoms with van der Waals surface area (Å²) in [7, 11) is 1.96. The van der Waals surface area contributed by atoms with Crippen molar-refractivity contribution in [3.8, 4) is 17.0 Å². The van der Waals surface area contributed by atoms with E-state index in [-0.39, 0.29) is 17.6 Å². The second kappa shape index (κ2) is 10.2. The van der Waals surface area contributed by atoms with E-state index in [0.717, 1.165) is 35.3 Å². The van der Waals surface area contributed by atoms with Gasteiger partial charge in [0.2, 0.25) is 5.91 Å². The second-order valence-corrected chi connectivity index (χ2v) is 9.26. The number of rotatable bonds is 8. The highest BCUT2D eigenvalue weighted by Gasteiger charge is 2.31. The molecular weight excluding hydrogens is 437 g/mol. The molecule has 0 bridgehead atoms. The number of aromatic hydroxyl groups is 1. The van der Waals surface area contributed by atoms with Gasteiger partial charge in [0.1, 0.15) is 19.4 Å². The van der Waals surface area contributed by atoms with Gasteiger partial charge in [-0.1, -0.05) is 55.3 Å². The number of phenols is 1. The van der Waals surface area contributed by atoms with E-state index >= 15 is 0 Å². The van der Waals surface area contributed by atoms with Gasteiger partial charge in [-0.25, -0.2) is 4.98 Å². The molecule has 0 saturated heterocycles.